The summed E-state index contributed by atoms with van der Waals surface area (Å²) < 4.78 is 0. The van der Waals surface area contributed by atoms with Crippen molar-refractivity contribution in [1.82, 2.24) is 15.5 Å². The van der Waals surface area contributed by atoms with Gasteiger partial charge in [-0.1, -0.05) is 19.1 Å². The minimum absolute atomic E-state index is 0.0494. The molecule has 0 unspecified atom stereocenters. The maximum Gasteiger partial charge on any atom is 0.253 e. The predicted molar refractivity (Wildman–Crippen MR) is 58.7 cm³/mol. The number of H-pyrrole nitrogens is 1. The van der Waals surface area contributed by atoms with E-state index in [4.69, 9.17) is 0 Å². The first-order valence-electron chi connectivity index (χ1n) is 5.03. The number of aromatic nitrogens is 2. The normalized spacial score (nSPS) is 10.5. The van der Waals surface area contributed by atoms with Crippen LogP contribution < -0.4 is 5.32 Å². The first-order valence-corrected chi connectivity index (χ1v) is 5.03. The minimum atomic E-state index is -0.0494. The van der Waals surface area contributed by atoms with E-state index in [1.54, 1.807) is 12.3 Å². The molecule has 1 heterocycles. The average Bonchev–Trinajstić information content (AvgIpc) is 2.73. The zero-order valence-electron chi connectivity index (χ0n) is 8.58. The van der Waals surface area contributed by atoms with E-state index < -0.39 is 0 Å². The maximum atomic E-state index is 11.8. The van der Waals surface area contributed by atoms with E-state index in [9.17, 15) is 4.79 Å². The number of nitrogens with zero attached hydrogens (tertiary/aromatic N) is 1. The molecule has 0 saturated heterocycles. The van der Waals surface area contributed by atoms with Gasteiger partial charge in [0, 0.05) is 11.9 Å². The molecule has 1 amide bonds. The maximum absolute atomic E-state index is 11.8. The van der Waals surface area contributed by atoms with Gasteiger partial charge in [0.1, 0.15) is 0 Å². The molecule has 0 saturated carbocycles. The predicted octanol–water partition coefficient (Wildman–Crippen LogP) is 1.70. The molecule has 4 nitrogen and oxygen atoms in total. The molecule has 0 radical (unpaired) electrons. The van der Waals surface area contributed by atoms with Crippen molar-refractivity contribution in [3.63, 3.8) is 0 Å². The standard InChI is InChI=1S/C11H13N3O/c1-2-6-12-11(15)9-5-3-4-8-7-13-14-10(8)9/h3-5,7H,2,6H2,1H3,(H,12,15)(H,13,14). The van der Waals surface area contributed by atoms with E-state index >= 15 is 0 Å². The fourth-order valence-electron chi connectivity index (χ4n) is 1.49. The fraction of sp³-hybridized carbons (Fsp3) is 0.273. The Bertz CT molecular complexity index is 475. The first kappa shape index (κ1) is 9.71. The number of hydrogen-bond acceptors (Lipinski definition) is 2. The van der Waals surface area contributed by atoms with Gasteiger partial charge in [-0.05, 0) is 12.5 Å². The lowest BCUT2D eigenvalue weighted by Gasteiger charge is -2.03. The SMILES string of the molecule is CCCNC(=O)c1cccc2cn[nH]c12. The number of para-hydroxylation sites is 1. The quantitative estimate of drug-likeness (QED) is 0.797. The summed E-state index contributed by atoms with van der Waals surface area (Å²) in [6.45, 7) is 2.72. The van der Waals surface area contributed by atoms with Gasteiger partial charge >= 0.3 is 0 Å². The topological polar surface area (TPSA) is 57.8 Å². The van der Waals surface area contributed by atoms with Crippen molar-refractivity contribution in [2.75, 3.05) is 6.54 Å². The van der Waals surface area contributed by atoms with Gasteiger partial charge in [0.15, 0.2) is 0 Å². The van der Waals surface area contributed by atoms with E-state index in [1.165, 1.54) is 0 Å². The Hall–Kier alpha value is -1.84. The van der Waals surface area contributed by atoms with Crippen molar-refractivity contribution in [3.05, 3.63) is 30.0 Å². The Balaban J connectivity index is 2.34. The largest absolute Gasteiger partial charge is 0.352 e. The highest BCUT2D eigenvalue weighted by Gasteiger charge is 2.09. The van der Waals surface area contributed by atoms with Gasteiger partial charge in [-0.15, -0.1) is 0 Å². The summed E-state index contributed by atoms with van der Waals surface area (Å²) in [5.41, 5.74) is 1.45. The van der Waals surface area contributed by atoms with Gasteiger partial charge < -0.3 is 5.32 Å². The van der Waals surface area contributed by atoms with Crippen LogP contribution in [0.15, 0.2) is 24.4 Å². The lowest BCUT2D eigenvalue weighted by Crippen LogP contribution is -2.24. The van der Waals surface area contributed by atoms with Crippen LogP contribution in [0, 0.1) is 0 Å². The number of carbonyl (C=O) groups is 1. The zero-order chi connectivity index (χ0) is 10.7. The Kier molecular flexibility index (Phi) is 2.67. The van der Waals surface area contributed by atoms with E-state index in [1.807, 2.05) is 19.1 Å². The number of carbonyl (C=O) groups excluding carboxylic acids is 1. The molecule has 0 atom stereocenters. The molecule has 0 aliphatic carbocycles. The number of amides is 1. The van der Waals surface area contributed by atoms with E-state index in [-0.39, 0.29) is 5.91 Å². The molecule has 0 bridgehead atoms. The van der Waals surface area contributed by atoms with Gasteiger partial charge in [0.05, 0.1) is 17.3 Å². The second kappa shape index (κ2) is 4.13. The van der Waals surface area contributed by atoms with Crippen molar-refractivity contribution in [2.24, 2.45) is 0 Å². The molecule has 2 aromatic rings. The molecule has 78 valence electrons. The molecule has 15 heavy (non-hydrogen) atoms. The number of benzene rings is 1. The van der Waals surface area contributed by atoms with Crippen molar-refractivity contribution in [3.8, 4) is 0 Å². The van der Waals surface area contributed by atoms with Crippen LogP contribution in [-0.4, -0.2) is 22.6 Å². The summed E-state index contributed by atoms with van der Waals surface area (Å²) >= 11 is 0. The molecule has 0 fully saturated rings. The summed E-state index contributed by atoms with van der Waals surface area (Å²) in [5, 5.41) is 10.6. The highest BCUT2D eigenvalue weighted by molar-refractivity contribution is 6.05. The smallest absolute Gasteiger partial charge is 0.253 e. The molecule has 4 heteroatoms. The summed E-state index contributed by atoms with van der Waals surface area (Å²) in [6, 6.07) is 5.58. The Morgan fingerprint density at radius 1 is 1.53 bits per heavy atom. The van der Waals surface area contributed by atoms with Gasteiger partial charge in [-0.25, -0.2) is 0 Å². The number of rotatable bonds is 3. The van der Waals surface area contributed by atoms with Crippen LogP contribution in [0.1, 0.15) is 23.7 Å². The lowest BCUT2D eigenvalue weighted by atomic mass is 10.1. The third kappa shape index (κ3) is 1.83. The Morgan fingerprint density at radius 3 is 3.20 bits per heavy atom. The van der Waals surface area contributed by atoms with Crippen LogP contribution in [0.3, 0.4) is 0 Å². The van der Waals surface area contributed by atoms with Gasteiger partial charge in [-0.3, -0.25) is 9.89 Å². The minimum Gasteiger partial charge on any atom is -0.352 e. The lowest BCUT2D eigenvalue weighted by molar-refractivity contribution is 0.0955. The van der Waals surface area contributed by atoms with Gasteiger partial charge in [0.25, 0.3) is 5.91 Å². The summed E-state index contributed by atoms with van der Waals surface area (Å²) in [7, 11) is 0. The van der Waals surface area contributed by atoms with E-state index in [0.29, 0.717) is 12.1 Å². The fourth-order valence-corrected chi connectivity index (χ4v) is 1.49. The van der Waals surface area contributed by atoms with Crippen molar-refractivity contribution < 1.29 is 4.79 Å². The van der Waals surface area contributed by atoms with Crippen molar-refractivity contribution in [2.45, 2.75) is 13.3 Å². The summed E-state index contributed by atoms with van der Waals surface area (Å²) in [4.78, 5) is 11.8. The monoisotopic (exact) mass is 203 g/mol. The van der Waals surface area contributed by atoms with E-state index in [0.717, 1.165) is 17.3 Å². The summed E-state index contributed by atoms with van der Waals surface area (Å²) in [5.74, 6) is -0.0494. The average molecular weight is 203 g/mol. The van der Waals surface area contributed by atoms with E-state index in [2.05, 4.69) is 15.5 Å². The second-order valence-corrected chi connectivity index (χ2v) is 3.40. The van der Waals surface area contributed by atoms with Gasteiger partial charge in [0.2, 0.25) is 0 Å². The van der Waals surface area contributed by atoms with Crippen molar-refractivity contribution in [1.29, 1.82) is 0 Å². The molecule has 0 aliphatic heterocycles. The van der Waals surface area contributed by atoms with Gasteiger partial charge in [-0.2, -0.15) is 5.10 Å². The van der Waals surface area contributed by atoms with Crippen LogP contribution in [0.4, 0.5) is 0 Å². The van der Waals surface area contributed by atoms with Crippen LogP contribution in [-0.2, 0) is 0 Å². The molecular weight excluding hydrogens is 190 g/mol. The molecule has 1 aromatic carbocycles. The van der Waals surface area contributed by atoms with Crippen LogP contribution in [0.25, 0.3) is 10.9 Å². The van der Waals surface area contributed by atoms with Crippen LogP contribution in [0.2, 0.25) is 0 Å². The molecule has 2 rings (SSSR count). The highest BCUT2D eigenvalue weighted by Crippen LogP contribution is 2.15. The molecular formula is C11H13N3O. The first-order chi connectivity index (χ1) is 7.33. The molecule has 0 spiro atoms. The zero-order valence-corrected chi connectivity index (χ0v) is 8.58. The van der Waals surface area contributed by atoms with Crippen LogP contribution >= 0.6 is 0 Å². The summed E-state index contributed by atoms with van der Waals surface area (Å²) in [6.07, 6.45) is 2.65. The van der Waals surface area contributed by atoms with Crippen molar-refractivity contribution >= 4 is 16.8 Å². The second-order valence-electron chi connectivity index (χ2n) is 3.40. The molecule has 1 aromatic heterocycles. The Labute approximate surface area is 87.7 Å². The number of nitrogens with one attached hydrogen (secondary N) is 2. The number of fused-ring (bicyclic) bond motifs is 1. The molecule has 2 N–H and O–H groups in total. The number of aromatic amines is 1. The highest BCUT2D eigenvalue weighted by atomic mass is 16.1. The third-order valence-corrected chi connectivity index (χ3v) is 2.26. The Morgan fingerprint density at radius 2 is 2.40 bits per heavy atom. The van der Waals surface area contributed by atoms with Crippen LogP contribution in [0.5, 0.6) is 0 Å². The molecule has 0 aliphatic rings. The third-order valence-electron chi connectivity index (χ3n) is 2.26. The number of hydrogen-bond donors (Lipinski definition) is 2.